The molecule has 0 aliphatic carbocycles. The summed E-state index contributed by atoms with van der Waals surface area (Å²) < 4.78 is 5.44. The highest BCUT2D eigenvalue weighted by atomic mass is 32.1. The largest absolute Gasteiger partial charge is 0.379 e. The monoisotopic (exact) mass is 296 g/mol. The van der Waals surface area contributed by atoms with Crippen molar-refractivity contribution in [1.29, 1.82) is 0 Å². The third-order valence-corrected chi connectivity index (χ3v) is 5.14. The van der Waals surface area contributed by atoms with E-state index in [1.54, 1.807) is 0 Å². The molecule has 2 aliphatic heterocycles. The number of aromatic nitrogens is 1. The minimum atomic E-state index is 0.681. The lowest BCUT2D eigenvalue weighted by Crippen LogP contribution is -2.44. The van der Waals surface area contributed by atoms with E-state index >= 15 is 0 Å². The highest BCUT2D eigenvalue weighted by Gasteiger charge is 2.29. The van der Waals surface area contributed by atoms with Gasteiger partial charge in [-0.15, -0.1) is 11.3 Å². The van der Waals surface area contributed by atoms with Crippen LogP contribution in [-0.4, -0.2) is 61.9 Å². The fraction of sp³-hybridized carbons (Fsp3) is 0.786. The Morgan fingerprint density at radius 3 is 3.05 bits per heavy atom. The minimum Gasteiger partial charge on any atom is -0.379 e. The van der Waals surface area contributed by atoms with Gasteiger partial charge in [0.05, 0.1) is 13.2 Å². The third kappa shape index (κ3) is 3.31. The molecular weight excluding hydrogens is 272 g/mol. The van der Waals surface area contributed by atoms with E-state index in [9.17, 15) is 0 Å². The first-order chi connectivity index (χ1) is 9.86. The predicted molar refractivity (Wildman–Crippen MR) is 82.5 cm³/mol. The molecule has 6 heteroatoms. The van der Waals surface area contributed by atoms with Gasteiger partial charge in [0.25, 0.3) is 0 Å². The molecule has 0 spiro atoms. The van der Waals surface area contributed by atoms with Crippen molar-refractivity contribution >= 4 is 16.5 Å². The van der Waals surface area contributed by atoms with Gasteiger partial charge in [0.15, 0.2) is 5.13 Å². The van der Waals surface area contributed by atoms with Crippen molar-refractivity contribution < 1.29 is 4.74 Å². The predicted octanol–water partition coefficient (Wildman–Crippen LogP) is 1.16. The number of morpholine rings is 1. The normalized spacial score (nSPS) is 24.4. The molecular formula is C14H24N4OS. The smallest absolute Gasteiger partial charge is 0.185 e. The number of nitrogens with one attached hydrogen (secondary N) is 1. The summed E-state index contributed by atoms with van der Waals surface area (Å²) in [5.41, 5.74) is 0. The van der Waals surface area contributed by atoms with Crippen molar-refractivity contribution in [3.8, 4) is 0 Å². The van der Waals surface area contributed by atoms with Crippen molar-refractivity contribution in [3.63, 3.8) is 0 Å². The maximum absolute atomic E-state index is 5.44. The molecule has 2 fully saturated rings. The summed E-state index contributed by atoms with van der Waals surface area (Å²) in [5, 5.41) is 4.55. The van der Waals surface area contributed by atoms with Crippen LogP contribution in [0.4, 0.5) is 5.13 Å². The molecule has 20 heavy (non-hydrogen) atoms. The lowest BCUT2D eigenvalue weighted by molar-refractivity contribution is 0.0209. The number of hydrogen-bond donors (Lipinski definition) is 1. The molecule has 2 aliphatic rings. The van der Waals surface area contributed by atoms with Crippen LogP contribution in [0.15, 0.2) is 6.20 Å². The van der Waals surface area contributed by atoms with E-state index in [-0.39, 0.29) is 0 Å². The van der Waals surface area contributed by atoms with Gasteiger partial charge in [0.1, 0.15) is 0 Å². The Labute approximate surface area is 124 Å². The number of nitrogens with zero attached hydrogens (tertiary/aromatic N) is 3. The Balaban J connectivity index is 1.54. The quantitative estimate of drug-likeness (QED) is 0.883. The summed E-state index contributed by atoms with van der Waals surface area (Å²) >= 11 is 1.83. The van der Waals surface area contributed by atoms with Crippen LogP contribution in [0.2, 0.25) is 0 Å². The second kappa shape index (κ2) is 6.85. The Kier molecular flexibility index (Phi) is 4.88. The highest BCUT2D eigenvalue weighted by molar-refractivity contribution is 7.15. The maximum Gasteiger partial charge on any atom is 0.185 e. The zero-order chi connectivity index (χ0) is 13.8. The average molecular weight is 296 g/mol. The molecule has 0 saturated carbocycles. The molecule has 0 bridgehead atoms. The number of anilines is 1. The zero-order valence-corrected chi connectivity index (χ0v) is 13.0. The van der Waals surface area contributed by atoms with E-state index in [2.05, 4.69) is 27.0 Å². The topological polar surface area (TPSA) is 40.6 Å². The summed E-state index contributed by atoms with van der Waals surface area (Å²) in [6, 6.07) is 0.681. The van der Waals surface area contributed by atoms with Gasteiger partial charge in [0, 0.05) is 49.8 Å². The van der Waals surface area contributed by atoms with Crippen molar-refractivity contribution in [2.75, 3.05) is 50.8 Å². The molecule has 2 saturated heterocycles. The molecule has 0 aromatic carbocycles. The molecule has 0 amide bonds. The second-order valence-corrected chi connectivity index (χ2v) is 6.52. The first-order valence-electron chi connectivity index (χ1n) is 7.59. The van der Waals surface area contributed by atoms with Gasteiger partial charge in [-0.25, -0.2) is 4.98 Å². The summed E-state index contributed by atoms with van der Waals surface area (Å²) in [6.45, 7) is 10.3. The van der Waals surface area contributed by atoms with Crippen LogP contribution in [0.25, 0.3) is 0 Å². The molecule has 3 rings (SSSR count). The molecule has 3 heterocycles. The SMILES string of the molecule is CCNCc1cnc(N2CCC(N3CCOCC3)C2)s1. The summed E-state index contributed by atoms with van der Waals surface area (Å²) in [7, 11) is 0. The third-order valence-electron chi connectivity index (χ3n) is 4.09. The van der Waals surface area contributed by atoms with E-state index in [1.807, 2.05) is 17.5 Å². The molecule has 1 N–H and O–H groups in total. The second-order valence-electron chi connectivity index (χ2n) is 5.43. The molecule has 1 aromatic rings. The summed E-state index contributed by atoms with van der Waals surface area (Å²) in [4.78, 5) is 10.9. The summed E-state index contributed by atoms with van der Waals surface area (Å²) in [6.07, 6.45) is 3.27. The van der Waals surface area contributed by atoms with Gasteiger partial charge < -0.3 is 15.0 Å². The first kappa shape index (κ1) is 14.3. The molecule has 1 atom stereocenters. The Hall–Kier alpha value is -0.690. The van der Waals surface area contributed by atoms with Crippen LogP contribution in [0.1, 0.15) is 18.2 Å². The van der Waals surface area contributed by atoms with Gasteiger partial charge >= 0.3 is 0 Å². The summed E-state index contributed by atoms with van der Waals surface area (Å²) in [5.74, 6) is 0. The van der Waals surface area contributed by atoms with Gasteiger partial charge in [0.2, 0.25) is 0 Å². The van der Waals surface area contributed by atoms with Gasteiger partial charge in [-0.3, -0.25) is 4.90 Å². The average Bonchev–Trinajstić information content (AvgIpc) is 3.15. The lowest BCUT2D eigenvalue weighted by Gasteiger charge is -2.32. The van der Waals surface area contributed by atoms with Crippen molar-refractivity contribution in [2.24, 2.45) is 0 Å². The number of hydrogen-bond acceptors (Lipinski definition) is 6. The lowest BCUT2D eigenvalue weighted by atomic mass is 10.2. The maximum atomic E-state index is 5.44. The first-order valence-corrected chi connectivity index (χ1v) is 8.40. The Morgan fingerprint density at radius 1 is 1.40 bits per heavy atom. The van der Waals surface area contributed by atoms with Crippen LogP contribution in [-0.2, 0) is 11.3 Å². The Bertz CT molecular complexity index is 419. The van der Waals surface area contributed by atoms with E-state index in [1.165, 1.54) is 16.4 Å². The van der Waals surface area contributed by atoms with Gasteiger partial charge in [-0.2, -0.15) is 0 Å². The van der Waals surface area contributed by atoms with Crippen LogP contribution < -0.4 is 10.2 Å². The molecule has 1 aromatic heterocycles. The van der Waals surface area contributed by atoms with Crippen LogP contribution in [0.3, 0.4) is 0 Å². The number of rotatable bonds is 5. The minimum absolute atomic E-state index is 0.681. The molecule has 0 radical (unpaired) electrons. The number of ether oxygens (including phenoxy) is 1. The van der Waals surface area contributed by atoms with Crippen LogP contribution in [0.5, 0.6) is 0 Å². The van der Waals surface area contributed by atoms with E-state index in [4.69, 9.17) is 4.74 Å². The Morgan fingerprint density at radius 2 is 2.25 bits per heavy atom. The van der Waals surface area contributed by atoms with E-state index in [0.29, 0.717) is 6.04 Å². The zero-order valence-electron chi connectivity index (χ0n) is 12.2. The standard InChI is InChI=1S/C14H24N4OS/c1-2-15-9-13-10-16-14(20-13)18-4-3-12(11-18)17-5-7-19-8-6-17/h10,12,15H,2-9,11H2,1H3. The highest BCUT2D eigenvalue weighted by Crippen LogP contribution is 2.27. The van der Waals surface area contributed by atoms with E-state index < -0.39 is 0 Å². The van der Waals surface area contributed by atoms with Gasteiger partial charge in [-0.1, -0.05) is 6.92 Å². The van der Waals surface area contributed by atoms with Crippen molar-refractivity contribution in [1.82, 2.24) is 15.2 Å². The van der Waals surface area contributed by atoms with Crippen LogP contribution in [0, 0.1) is 0 Å². The van der Waals surface area contributed by atoms with Crippen LogP contribution >= 0.6 is 11.3 Å². The van der Waals surface area contributed by atoms with Crippen molar-refractivity contribution in [3.05, 3.63) is 11.1 Å². The van der Waals surface area contributed by atoms with Gasteiger partial charge in [-0.05, 0) is 13.0 Å². The van der Waals surface area contributed by atoms with E-state index in [0.717, 1.165) is 52.5 Å². The molecule has 112 valence electrons. The molecule has 5 nitrogen and oxygen atoms in total. The van der Waals surface area contributed by atoms with Crippen molar-refractivity contribution in [2.45, 2.75) is 25.9 Å². The number of thiazole rings is 1. The fourth-order valence-electron chi connectivity index (χ4n) is 2.93. The fourth-order valence-corrected chi connectivity index (χ4v) is 3.84. The molecule has 1 unspecified atom stereocenters.